The molecule has 5 heteroatoms. The van der Waals surface area contributed by atoms with Crippen LogP contribution in [0.2, 0.25) is 0 Å². The van der Waals surface area contributed by atoms with E-state index in [9.17, 15) is 15.0 Å². The van der Waals surface area contributed by atoms with Crippen molar-refractivity contribution in [2.24, 2.45) is 0 Å². The molecule has 1 aliphatic heterocycles. The zero-order chi connectivity index (χ0) is 11.3. The van der Waals surface area contributed by atoms with E-state index >= 15 is 0 Å². The molecule has 0 atom stereocenters. The number of benzene rings is 1. The van der Waals surface area contributed by atoms with Crippen molar-refractivity contribution in [2.45, 2.75) is 5.97 Å². The Bertz CT molecular complexity index is 606. The number of nitrogens with zero attached hydrogens (tertiary/aromatic N) is 1. The number of para-hydroxylation sites is 1. The maximum absolute atomic E-state index is 11.3. The molecule has 0 bridgehead atoms. The summed E-state index contributed by atoms with van der Waals surface area (Å²) in [6.45, 7) is 0. The number of carbonyl (C=O) groups excluding carboxylic acids is 1. The predicted octanol–water partition coefficient (Wildman–Crippen LogP) is 0.500. The van der Waals surface area contributed by atoms with Crippen molar-refractivity contribution in [3.8, 4) is 0 Å². The number of rotatable bonds is 0. The minimum absolute atomic E-state index is 0.0584. The second-order valence-corrected chi connectivity index (χ2v) is 3.56. The van der Waals surface area contributed by atoms with Gasteiger partial charge in [0.25, 0.3) is 0 Å². The highest BCUT2D eigenvalue weighted by atomic mass is 16.8. The Morgan fingerprint density at radius 3 is 2.81 bits per heavy atom. The highest BCUT2D eigenvalue weighted by Crippen LogP contribution is 2.36. The summed E-state index contributed by atoms with van der Waals surface area (Å²) in [5.41, 5.74) is 0.721. The molecule has 16 heavy (non-hydrogen) atoms. The van der Waals surface area contributed by atoms with Gasteiger partial charge >= 0.3 is 11.9 Å². The number of carbonyl (C=O) groups is 1. The van der Waals surface area contributed by atoms with E-state index in [1.165, 1.54) is 6.20 Å². The van der Waals surface area contributed by atoms with Gasteiger partial charge in [0.2, 0.25) is 0 Å². The van der Waals surface area contributed by atoms with Crippen LogP contribution in [0.15, 0.2) is 30.5 Å². The molecule has 0 spiro atoms. The van der Waals surface area contributed by atoms with Crippen LogP contribution < -0.4 is 0 Å². The Morgan fingerprint density at radius 2 is 2.00 bits per heavy atom. The molecule has 0 saturated carbocycles. The van der Waals surface area contributed by atoms with Crippen LogP contribution in [0.3, 0.4) is 0 Å². The number of aromatic nitrogens is 1. The quantitative estimate of drug-likeness (QED) is 0.496. The third-order valence-corrected chi connectivity index (χ3v) is 2.56. The first-order valence-corrected chi connectivity index (χ1v) is 4.66. The van der Waals surface area contributed by atoms with Gasteiger partial charge in [0.05, 0.1) is 16.6 Å². The van der Waals surface area contributed by atoms with Gasteiger partial charge in [-0.1, -0.05) is 18.2 Å². The van der Waals surface area contributed by atoms with E-state index in [4.69, 9.17) is 0 Å². The molecule has 2 N–H and O–H groups in total. The van der Waals surface area contributed by atoms with Gasteiger partial charge in [-0.2, -0.15) is 0 Å². The molecule has 2 heterocycles. The molecule has 0 fully saturated rings. The lowest BCUT2D eigenvalue weighted by molar-refractivity contribution is -0.311. The maximum atomic E-state index is 11.3. The van der Waals surface area contributed by atoms with Crippen molar-refractivity contribution >= 4 is 16.9 Å². The second kappa shape index (κ2) is 2.78. The van der Waals surface area contributed by atoms with Gasteiger partial charge in [0.15, 0.2) is 0 Å². The Morgan fingerprint density at radius 1 is 1.25 bits per heavy atom. The number of pyridine rings is 1. The topological polar surface area (TPSA) is 79.7 Å². The van der Waals surface area contributed by atoms with E-state index in [1.807, 2.05) is 0 Å². The minimum atomic E-state index is -2.56. The SMILES string of the molecule is O=C1OC(O)(O)c2c1cnc1ccccc21. The lowest BCUT2D eigenvalue weighted by Crippen LogP contribution is -2.24. The van der Waals surface area contributed by atoms with Crippen LogP contribution in [0.25, 0.3) is 10.9 Å². The van der Waals surface area contributed by atoms with E-state index in [0.29, 0.717) is 10.9 Å². The fraction of sp³-hybridized carbons (Fsp3) is 0.0909. The zero-order valence-electron chi connectivity index (χ0n) is 8.04. The smallest absolute Gasteiger partial charge is 0.355 e. The first-order chi connectivity index (χ1) is 7.59. The number of ether oxygens (including phenoxy) is 1. The summed E-state index contributed by atoms with van der Waals surface area (Å²) in [7, 11) is 0. The standard InChI is InChI=1S/C11H7NO4/c13-10-7-5-12-8-4-2-1-3-6(8)9(7)11(14,15)16-10/h1-5,14-15H. The minimum Gasteiger partial charge on any atom is -0.400 e. The average molecular weight is 217 g/mol. The van der Waals surface area contributed by atoms with Crippen molar-refractivity contribution in [1.82, 2.24) is 4.98 Å². The van der Waals surface area contributed by atoms with E-state index in [-0.39, 0.29) is 11.1 Å². The maximum Gasteiger partial charge on any atom is 0.355 e. The summed E-state index contributed by atoms with van der Waals surface area (Å²) in [6, 6.07) is 6.87. The third-order valence-electron chi connectivity index (χ3n) is 2.56. The van der Waals surface area contributed by atoms with Gasteiger partial charge in [-0.05, 0) is 6.07 Å². The van der Waals surface area contributed by atoms with Crippen molar-refractivity contribution in [3.63, 3.8) is 0 Å². The van der Waals surface area contributed by atoms with Crippen molar-refractivity contribution < 1.29 is 19.7 Å². The van der Waals surface area contributed by atoms with Gasteiger partial charge in [-0.15, -0.1) is 0 Å². The summed E-state index contributed by atoms with van der Waals surface area (Å²) in [5, 5.41) is 19.7. The third kappa shape index (κ3) is 1.07. The zero-order valence-corrected chi connectivity index (χ0v) is 8.04. The molecule has 0 radical (unpaired) electrons. The Hall–Kier alpha value is -1.98. The molecule has 0 amide bonds. The Balaban J connectivity index is 2.47. The van der Waals surface area contributed by atoms with E-state index < -0.39 is 11.9 Å². The fourth-order valence-electron chi connectivity index (χ4n) is 1.88. The fourth-order valence-corrected chi connectivity index (χ4v) is 1.88. The molecule has 1 aromatic carbocycles. The molecule has 2 aromatic rings. The highest BCUT2D eigenvalue weighted by molar-refractivity contribution is 6.00. The number of cyclic esters (lactones) is 1. The summed E-state index contributed by atoms with van der Waals surface area (Å²) < 4.78 is 4.46. The molecule has 80 valence electrons. The number of hydrogen-bond acceptors (Lipinski definition) is 5. The van der Waals surface area contributed by atoms with Crippen molar-refractivity contribution in [2.75, 3.05) is 0 Å². The predicted molar refractivity (Wildman–Crippen MR) is 53.3 cm³/mol. The molecule has 1 aliphatic rings. The van der Waals surface area contributed by atoms with Gasteiger partial charge in [0.1, 0.15) is 0 Å². The van der Waals surface area contributed by atoms with Gasteiger partial charge in [0, 0.05) is 11.6 Å². The summed E-state index contributed by atoms with van der Waals surface area (Å²) in [5.74, 6) is -3.34. The molecule has 5 nitrogen and oxygen atoms in total. The number of aliphatic hydroxyl groups is 2. The molecule has 3 rings (SSSR count). The Kier molecular flexibility index (Phi) is 1.61. The second-order valence-electron chi connectivity index (χ2n) is 3.56. The first-order valence-electron chi connectivity index (χ1n) is 4.66. The summed E-state index contributed by atoms with van der Waals surface area (Å²) in [4.78, 5) is 15.4. The first kappa shape index (κ1) is 9.26. The molecule has 1 aromatic heterocycles. The van der Waals surface area contributed by atoms with Gasteiger partial charge in [-0.3, -0.25) is 4.98 Å². The average Bonchev–Trinajstić information content (AvgIpc) is 2.49. The molecule has 0 unspecified atom stereocenters. The lowest BCUT2D eigenvalue weighted by atomic mass is 10.0. The normalized spacial score (nSPS) is 17.2. The number of fused-ring (bicyclic) bond motifs is 3. The molecular weight excluding hydrogens is 210 g/mol. The highest BCUT2D eigenvalue weighted by Gasteiger charge is 2.44. The van der Waals surface area contributed by atoms with Crippen molar-refractivity contribution in [1.29, 1.82) is 0 Å². The van der Waals surface area contributed by atoms with Crippen molar-refractivity contribution in [3.05, 3.63) is 41.6 Å². The van der Waals surface area contributed by atoms with Crippen LogP contribution in [-0.4, -0.2) is 21.2 Å². The van der Waals surface area contributed by atoms with Crippen LogP contribution in [0, 0.1) is 0 Å². The summed E-state index contributed by atoms with van der Waals surface area (Å²) in [6.07, 6.45) is 1.29. The largest absolute Gasteiger partial charge is 0.400 e. The van der Waals surface area contributed by atoms with Crippen LogP contribution in [0.5, 0.6) is 0 Å². The van der Waals surface area contributed by atoms with Gasteiger partial charge < -0.3 is 14.9 Å². The molecule has 0 saturated heterocycles. The van der Waals surface area contributed by atoms with Crippen LogP contribution in [0.4, 0.5) is 0 Å². The van der Waals surface area contributed by atoms with Crippen LogP contribution in [-0.2, 0) is 10.7 Å². The molecule has 0 aliphatic carbocycles. The van der Waals surface area contributed by atoms with Crippen LogP contribution in [0.1, 0.15) is 15.9 Å². The van der Waals surface area contributed by atoms with E-state index in [1.54, 1.807) is 24.3 Å². The van der Waals surface area contributed by atoms with E-state index in [0.717, 1.165) is 0 Å². The monoisotopic (exact) mass is 217 g/mol. The van der Waals surface area contributed by atoms with E-state index in [2.05, 4.69) is 9.72 Å². The summed E-state index contributed by atoms with van der Waals surface area (Å²) >= 11 is 0. The van der Waals surface area contributed by atoms with Crippen LogP contribution >= 0.6 is 0 Å². The number of esters is 1. The lowest BCUT2D eigenvalue weighted by Gasteiger charge is -2.14. The number of hydrogen-bond donors (Lipinski definition) is 2. The Labute approximate surface area is 89.9 Å². The molecular formula is C11H7NO4. The van der Waals surface area contributed by atoms with Gasteiger partial charge in [-0.25, -0.2) is 4.79 Å².